The lowest BCUT2D eigenvalue weighted by Gasteiger charge is -2.30. The summed E-state index contributed by atoms with van der Waals surface area (Å²) < 4.78 is 37.0. The second-order valence-corrected chi connectivity index (χ2v) is 3.98. The first-order valence-electron chi connectivity index (χ1n) is 4.16. The maximum Gasteiger partial charge on any atom is 0.393 e. The third-order valence-electron chi connectivity index (χ3n) is 2.46. The number of hydrogen-bond donors (Lipinski definition) is 0. The quantitative estimate of drug-likeness (QED) is 0.396. The number of hydrogen-bond acceptors (Lipinski definition) is 2. The van der Waals surface area contributed by atoms with Crippen molar-refractivity contribution in [1.82, 2.24) is 0 Å². The fourth-order valence-corrected chi connectivity index (χ4v) is 2.01. The molecule has 0 aliphatic heterocycles. The minimum Gasteiger partial charge on any atom is -0.264 e. The molecule has 0 aromatic carbocycles. The molecule has 0 amide bonds. The number of nitrogens with zero attached hydrogens (tertiary/aromatic N) is 1. The third kappa shape index (κ3) is 2.50. The first-order valence-corrected chi connectivity index (χ1v) is 4.60. The lowest BCUT2D eigenvalue weighted by atomic mass is 9.85. The average molecular weight is 232 g/mol. The molecule has 7 heteroatoms. The van der Waals surface area contributed by atoms with Crippen LogP contribution in [0.3, 0.4) is 0 Å². The smallest absolute Gasteiger partial charge is 0.264 e. The van der Waals surface area contributed by atoms with E-state index in [-0.39, 0.29) is 12.8 Å². The second kappa shape index (κ2) is 3.92. The predicted molar refractivity (Wildman–Crippen MR) is 43.8 cm³/mol. The zero-order valence-corrected chi connectivity index (χ0v) is 7.88. The van der Waals surface area contributed by atoms with Crippen molar-refractivity contribution in [3.05, 3.63) is 10.1 Å². The Bertz CT molecular complexity index is 233. The maximum atomic E-state index is 12.3. The van der Waals surface area contributed by atoms with E-state index in [1.54, 1.807) is 0 Å². The molecule has 3 nitrogen and oxygen atoms in total. The van der Waals surface area contributed by atoms with Crippen molar-refractivity contribution in [1.29, 1.82) is 0 Å². The lowest BCUT2D eigenvalue weighted by Crippen LogP contribution is -2.40. The number of halogens is 4. The van der Waals surface area contributed by atoms with Crippen LogP contribution in [0.25, 0.3) is 0 Å². The molecule has 0 heterocycles. The monoisotopic (exact) mass is 231 g/mol. The van der Waals surface area contributed by atoms with Crippen LogP contribution in [0.5, 0.6) is 0 Å². The van der Waals surface area contributed by atoms with Crippen LogP contribution in [0.2, 0.25) is 0 Å². The van der Waals surface area contributed by atoms with Gasteiger partial charge in [0.05, 0.1) is 5.92 Å². The first kappa shape index (κ1) is 11.6. The molecule has 1 fully saturated rings. The third-order valence-corrected chi connectivity index (χ3v) is 2.98. The summed E-state index contributed by atoms with van der Waals surface area (Å²) in [6.07, 6.45) is -4.74. The van der Waals surface area contributed by atoms with Gasteiger partial charge < -0.3 is 0 Å². The molecular weight excluding hydrogens is 223 g/mol. The van der Waals surface area contributed by atoms with Gasteiger partial charge in [-0.3, -0.25) is 10.1 Å². The highest BCUT2D eigenvalue weighted by Crippen LogP contribution is 2.40. The normalized spacial score (nSPS) is 34.1. The van der Waals surface area contributed by atoms with Crippen molar-refractivity contribution in [2.75, 3.05) is 0 Å². The summed E-state index contributed by atoms with van der Waals surface area (Å²) in [5.74, 6) is -1.74. The van der Waals surface area contributed by atoms with Gasteiger partial charge in [0.2, 0.25) is 6.04 Å². The van der Waals surface area contributed by atoms with Crippen LogP contribution in [0.15, 0.2) is 0 Å². The topological polar surface area (TPSA) is 43.1 Å². The highest BCUT2D eigenvalue weighted by atomic mass is 35.5. The van der Waals surface area contributed by atoms with Gasteiger partial charge in [0.1, 0.15) is 0 Å². The van der Waals surface area contributed by atoms with Gasteiger partial charge >= 0.3 is 6.18 Å². The molecule has 3 atom stereocenters. The van der Waals surface area contributed by atoms with Gasteiger partial charge in [-0.05, 0) is 6.42 Å². The minimum absolute atomic E-state index is 0.0530. The van der Waals surface area contributed by atoms with Crippen LogP contribution in [0.4, 0.5) is 13.2 Å². The molecule has 0 bridgehead atoms. The van der Waals surface area contributed by atoms with Gasteiger partial charge in [-0.15, -0.1) is 11.6 Å². The minimum atomic E-state index is -4.43. The van der Waals surface area contributed by atoms with Crippen molar-refractivity contribution in [3.63, 3.8) is 0 Å². The van der Waals surface area contributed by atoms with Crippen LogP contribution in [0.1, 0.15) is 19.3 Å². The van der Waals surface area contributed by atoms with Gasteiger partial charge in [0, 0.05) is 23.1 Å². The summed E-state index contributed by atoms with van der Waals surface area (Å²) in [4.78, 5) is 9.68. The molecule has 1 rings (SSSR count). The number of alkyl halides is 4. The Labute approximate surface area is 83.4 Å². The zero-order chi connectivity index (χ0) is 10.9. The van der Waals surface area contributed by atoms with E-state index in [9.17, 15) is 23.3 Å². The highest BCUT2D eigenvalue weighted by molar-refractivity contribution is 6.20. The Kier molecular flexibility index (Phi) is 3.24. The Balaban J connectivity index is 2.69. The molecule has 0 aromatic rings. The van der Waals surface area contributed by atoms with Crippen LogP contribution in [0, 0.1) is 16.0 Å². The fourth-order valence-electron chi connectivity index (χ4n) is 1.64. The largest absolute Gasteiger partial charge is 0.393 e. The summed E-state index contributed by atoms with van der Waals surface area (Å²) in [6.45, 7) is 0. The van der Waals surface area contributed by atoms with Crippen molar-refractivity contribution in [2.45, 2.75) is 36.9 Å². The first-order chi connectivity index (χ1) is 6.32. The molecule has 0 N–H and O–H groups in total. The fraction of sp³-hybridized carbons (Fsp3) is 1.00. The molecule has 0 aromatic heterocycles. The van der Waals surface area contributed by atoms with Gasteiger partial charge in [0.25, 0.3) is 0 Å². The van der Waals surface area contributed by atoms with Crippen molar-refractivity contribution in [3.8, 4) is 0 Å². The Morgan fingerprint density at radius 2 is 1.93 bits per heavy atom. The molecule has 82 valence electrons. The highest BCUT2D eigenvalue weighted by Gasteiger charge is 2.49. The van der Waals surface area contributed by atoms with E-state index in [2.05, 4.69) is 0 Å². The summed E-state index contributed by atoms with van der Waals surface area (Å²) in [5, 5.41) is 9.31. The molecule has 0 spiro atoms. The van der Waals surface area contributed by atoms with E-state index in [1.807, 2.05) is 0 Å². The van der Waals surface area contributed by atoms with Crippen molar-refractivity contribution in [2.24, 2.45) is 5.92 Å². The lowest BCUT2D eigenvalue weighted by molar-refractivity contribution is -0.529. The number of rotatable bonds is 1. The molecule has 1 aliphatic rings. The van der Waals surface area contributed by atoms with E-state index in [1.165, 1.54) is 0 Å². The van der Waals surface area contributed by atoms with Crippen molar-refractivity contribution < 1.29 is 18.1 Å². The summed E-state index contributed by atoms with van der Waals surface area (Å²) in [6, 6.07) is -1.10. The summed E-state index contributed by atoms with van der Waals surface area (Å²) in [7, 11) is 0. The average Bonchev–Trinajstić information content (AvgIpc) is 2.02. The SMILES string of the molecule is O=[N+]([O-])C1CCC(Cl)C(C(F)(F)F)C1. The van der Waals surface area contributed by atoms with Gasteiger partial charge in [-0.1, -0.05) is 0 Å². The van der Waals surface area contributed by atoms with Crippen LogP contribution < -0.4 is 0 Å². The van der Waals surface area contributed by atoms with Gasteiger partial charge in [-0.2, -0.15) is 13.2 Å². The second-order valence-electron chi connectivity index (χ2n) is 3.42. The molecule has 14 heavy (non-hydrogen) atoms. The molecule has 3 unspecified atom stereocenters. The van der Waals surface area contributed by atoms with E-state index in [4.69, 9.17) is 11.6 Å². The Morgan fingerprint density at radius 3 is 2.36 bits per heavy atom. The van der Waals surface area contributed by atoms with Gasteiger partial charge in [0.15, 0.2) is 0 Å². The van der Waals surface area contributed by atoms with E-state index in [0.717, 1.165) is 0 Å². The Morgan fingerprint density at radius 1 is 1.36 bits per heavy atom. The molecule has 1 aliphatic carbocycles. The molecule has 0 radical (unpaired) electrons. The van der Waals surface area contributed by atoms with Crippen LogP contribution >= 0.6 is 11.6 Å². The van der Waals surface area contributed by atoms with E-state index in [0.29, 0.717) is 0 Å². The van der Waals surface area contributed by atoms with E-state index < -0.39 is 34.9 Å². The molecule has 1 saturated carbocycles. The van der Waals surface area contributed by atoms with Crippen LogP contribution in [-0.2, 0) is 0 Å². The summed E-state index contributed by atoms with van der Waals surface area (Å²) in [5.41, 5.74) is 0. The van der Waals surface area contributed by atoms with Gasteiger partial charge in [-0.25, -0.2) is 0 Å². The summed E-state index contributed by atoms with van der Waals surface area (Å²) >= 11 is 5.49. The standard InChI is InChI=1S/C7H9ClF3NO2/c8-6-2-1-4(12(13)14)3-5(6)7(9,10)11/h4-6H,1-3H2. The Hall–Kier alpha value is -0.520. The molecular formula is C7H9ClF3NO2. The predicted octanol–water partition coefficient (Wildman–Crippen LogP) is 2.60. The van der Waals surface area contributed by atoms with Crippen LogP contribution in [-0.4, -0.2) is 22.5 Å². The zero-order valence-electron chi connectivity index (χ0n) is 7.13. The van der Waals surface area contributed by atoms with E-state index >= 15 is 0 Å². The van der Waals surface area contributed by atoms with Crippen molar-refractivity contribution >= 4 is 11.6 Å². The maximum absolute atomic E-state index is 12.3. The molecule has 0 saturated heterocycles. The number of nitro groups is 1.